The van der Waals surface area contributed by atoms with Gasteiger partial charge in [-0.3, -0.25) is 9.59 Å². The summed E-state index contributed by atoms with van der Waals surface area (Å²) in [4.78, 5) is 30.2. The highest BCUT2D eigenvalue weighted by molar-refractivity contribution is 6.93. The minimum absolute atomic E-state index is 0.00455. The molecule has 0 spiro atoms. The van der Waals surface area contributed by atoms with Crippen molar-refractivity contribution in [3.05, 3.63) is 102 Å². The Morgan fingerprint density at radius 1 is 0.788 bits per heavy atom. The van der Waals surface area contributed by atoms with Gasteiger partial charge in [0.15, 0.2) is 5.78 Å². The van der Waals surface area contributed by atoms with Crippen molar-refractivity contribution < 1.29 is 14.3 Å². The monoisotopic (exact) mass is 457 g/mol. The highest BCUT2D eigenvalue weighted by Crippen LogP contribution is 2.41. The molecule has 0 aromatic heterocycles. The second-order valence-corrected chi connectivity index (χ2v) is 13.8. The summed E-state index contributed by atoms with van der Waals surface area (Å²) in [6.07, 6.45) is 0. The van der Waals surface area contributed by atoms with E-state index in [0.717, 1.165) is 5.56 Å². The second-order valence-electron chi connectivity index (χ2n) is 9.12. The van der Waals surface area contributed by atoms with E-state index in [-0.39, 0.29) is 11.7 Å². The first-order valence-electron chi connectivity index (χ1n) is 11.6. The van der Waals surface area contributed by atoms with Crippen LogP contribution in [0.1, 0.15) is 21.8 Å². The SMILES string of the molecule is C[Si](C)(c1ccccc1)C(C(=O)N1CCOCC1)C(C(=O)c1ccccc1)c1ccccc1. The fraction of sp³-hybridized carbons (Fsp3) is 0.286. The van der Waals surface area contributed by atoms with Crippen molar-refractivity contribution in [2.75, 3.05) is 26.3 Å². The third-order valence-electron chi connectivity index (χ3n) is 6.72. The van der Waals surface area contributed by atoms with Crippen LogP contribution in [0.4, 0.5) is 0 Å². The molecule has 3 aromatic rings. The fourth-order valence-electron chi connectivity index (χ4n) is 4.83. The molecule has 1 saturated heterocycles. The molecule has 170 valence electrons. The number of nitrogens with zero attached hydrogens (tertiary/aromatic N) is 1. The van der Waals surface area contributed by atoms with Gasteiger partial charge in [-0.1, -0.05) is 109 Å². The standard InChI is InChI=1S/C28H31NO3Si/c1-33(2,24-16-10-5-11-17-24)27(28(31)29-18-20-32-21-19-29)25(22-12-6-3-7-13-22)26(30)23-14-8-4-9-15-23/h3-17,25,27H,18-21H2,1-2H3. The molecule has 0 saturated carbocycles. The average Bonchev–Trinajstić information content (AvgIpc) is 2.88. The molecule has 1 aliphatic heterocycles. The van der Waals surface area contributed by atoms with E-state index in [0.29, 0.717) is 31.9 Å². The molecule has 5 heteroatoms. The number of ether oxygens (including phenoxy) is 1. The molecule has 33 heavy (non-hydrogen) atoms. The molecular formula is C28H31NO3Si. The zero-order valence-corrected chi connectivity index (χ0v) is 20.3. The first kappa shape index (κ1) is 23.1. The van der Waals surface area contributed by atoms with E-state index in [9.17, 15) is 9.59 Å². The van der Waals surface area contributed by atoms with E-state index < -0.39 is 19.5 Å². The van der Waals surface area contributed by atoms with Gasteiger partial charge in [0.25, 0.3) is 0 Å². The molecule has 1 amide bonds. The van der Waals surface area contributed by atoms with Crippen LogP contribution >= 0.6 is 0 Å². The van der Waals surface area contributed by atoms with Crippen molar-refractivity contribution in [3.8, 4) is 0 Å². The average molecular weight is 458 g/mol. The topological polar surface area (TPSA) is 46.6 Å². The largest absolute Gasteiger partial charge is 0.378 e. The lowest BCUT2D eigenvalue weighted by Gasteiger charge is -2.41. The van der Waals surface area contributed by atoms with Crippen LogP contribution in [0.2, 0.25) is 18.6 Å². The van der Waals surface area contributed by atoms with Crippen LogP contribution in [-0.2, 0) is 9.53 Å². The van der Waals surface area contributed by atoms with Gasteiger partial charge >= 0.3 is 0 Å². The van der Waals surface area contributed by atoms with E-state index in [1.165, 1.54) is 5.19 Å². The number of rotatable bonds is 7. The fourth-order valence-corrected chi connectivity index (χ4v) is 8.22. The van der Waals surface area contributed by atoms with Crippen molar-refractivity contribution in [2.45, 2.75) is 24.6 Å². The van der Waals surface area contributed by atoms with E-state index in [1.807, 2.05) is 83.8 Å². The van der Waals surface area contributed by atoms with Crippen LogP contribution in [0, 0.1) is 0 Å². The minimum atomic E-state index is -2.45. The first-order chi connectivity index (χ1) is 16.0. The van der Waals surface area contributed by atoms with Crippen molar-refractivity contribution in [1.82, 2.24) is 4.90 Å². The lowest BCUT2D eigenvalue weighted by Crippen LogP contribution is -2.56. The van der Waals surface area contributed by atoms with Gasteiger partial charge in [-0.15, -0.1) is 0 Å². The van der Waals surface area contributed by atoms with Gasteiger partial charge in [0.2, 0.25) is 5.91 Å². The number of amides is 1. The zero-order chi connectivity index (χ0) is 23.3. The summed E-state index contributed by atoms with van der Waals surface area (Å²) in [5.41, 5.74) is 1.10. The Hall–Kier alpha value is -3.02. The van der Waals surface area contributed by atoms with Gasteiger partial charge in [0.1, 0.15) is 0 Å². The Kier molecular flexibility index (Phi) is 7.21. The van der Waals surface area contributed by atoms with Gasteiger partial charge in [-0.2, -0.15) is 0 Å². The zero-order valence-electron chi connectivity index (χ0n) is 19.3. The number of ketones is 1. The maximum atomic E-state index is 14.2. The maximum absolute atomic E-state index is 14.2. The van der Waals surface area contributed by atoms with E-state index in [1.54, 1.807) is 0 Å². The Balaban J connectivity index is 1.87. The van der Waals surface area contributed by atoms with Gasteiger partial charge in [0, 0.05) is 18.7 Å². The van der Waals surface area contributed by atoms with Crippen molar-refractivity contribution in [3.63, 3.8) is 0 Å². The summed E-state index contributed by atoms with van der Waals surface area (Å²) in [6, 6.07) is 29.5. The quantitative estimate of drug-likeness (QED) is 0.388. The third-order valence-corrected chi connectivity index (χ3v) is 10.7. The molecule has 1 fully saturated rings. The van der Waals surface area contributed by atoms with Crippen LogP contribution in [0.25, 0.3) is 0 Å². The number of morpholine rings is 1. The molecule has 4 nitrogen and oxygen atoms in total. The van der Waals surface area contributed by atoms with Crippen LogP contribution in [-0.4, -0.2) is 51.0 Å². The molecule has 0 bridgehead atoms. The molecule has 0 radical (unpaired) electrons. The number of carbonyl (C=O) groups is 2. The molecule has 0 aliphatic carbocycles. The second kappa shape index (κ2) is 10.3. The lowest BCUT2D eigenvalue weighted by molar-refractivity contribution is -0.135. The molecular weight excluding hydrogens is 426 g/mol. The molecule has 1 heterocycles. The van der Waals surface area contributed by atoms with Crippen molar-refractivity contribution in [2.24, 2.45) is 0 Å². The smallest absolute Gasteiger partial charge is 0.224 e. The number of benzene rings is 3. The van der Waals surface area contributed by atoms with E-state index >= 15 is 0 Å². The Labute approximate surface area is 197 Å². The summed E-state index contributed by atoms with van der Waals surface area (Å²) in [6.45, 7) is 6.65. The molecule has 2 atom stereocenters. The summed E-state index contributed by atoms with van der Waals surface area (Å²) >= 11 is 0. The van der Waals surface area contributed by atoms with Crippen molar-refractivity contribution >= 4 is 25.0 Å². The molecule has 2 unspecified atom stereocenters. The summed E-state index contributed by atoms with van der Waals surface area (Å²) in [7, 11) is -2.45. The predicted molar refractivity (Wildman–Crippen MR) is 135 cm³/mol. The Morgan fingerprint density at radius 3 is 1.88 bits per heavy atom. The molecule has 0 N–H and O–H groups in total. The normalized spacial score (nSPS) is 16.1. The number of hydrogen-bond acceptors (Lipinski definition) is 3. The van der Waals surface area contributed by atoms with Gasteiger partial charge in [0.05, 0.1) is 32.7 Å². The predicted octanol–water partition coefficient (Wildman–Crippen LogP) is 4.50. The summed E-state index contributed by atoms with van der Waals surface area (Å²) < 4.78 is 5.51. The Bertz CT molecular complexity index is 1060. The minimum Gasteiger partial charge on any atom is -0.378 e. The highest BCUT2D eigenvalue weighted by atomic mass is 28.3. The van der Waals surface area contributed by atoms with Crippen LogP contribution in [0.15, 0.2) is 91.0 Å². The van der Waals surface area contributed by atoms with Crippen LogP contribution < -0.4 is 5.19 Å². The number of hydrogen-bond donors (Lipinski definition) is 0. The molecule has 1 aliphatic rings. The summed E-state index contributed by atoms with van der Waals surface area (Å²) in [5.74, 6) is -0.479. The number of carbonyl (C=O) groups excluding carboxylic acids is 2. The lowest BCUT2D eigenvalue weighted by atomic mass is 9.87. The first-order valence-corrected chi connectivity index (χ1v) is 14.6. The number of Topliss-reactive ketones (excluding diaryl/α,β-unsaturated/α-hetero) is 1. The summed E-state index contributed by atoms with van der Waals surface area (Å²) in [5, 5.41) is 1.18. The third kappa shape index (κ3) is 4.99. The van der Waals surface area contributed by atoms with Crippen molar-refractivity contribution in [1.29, 1.82) is 0 Å². The molecule has 4 rings (SSSR count). The van der Waals surface area contributed by atoms with Crippen LogP contribution in [0.3, 0.4) is 0 Å². The van der Waals surface area contributed by atoms with Gasteiger partial charge in [-0.05, 0) is 5.56 Å². The maximum Gasteiger partial charge on any atom is 0.224 e. The van der Waals surface area contributed by atoms with E-state index in [4.69, 9.17) is 4.74 Å². The van der Waals surface area contributed by atoms with Crippen LogP contribution in [0.5, 0.6) is 0 Å². The van der Waals surface area contributed by atoms with Gasteiger partial charge in [-0.25, -0.2) is 0 Å². The highest BCUT2D eigenvalue weighted by Gasteiger charge is 2.48. The van der Waals surface area contributed by atoms with Gasteiger partial charge < -0.3 is 9.64 Å². The molecule has 3 aromatic carbocycles. The van der Waals surface area contributed by atoms with E-state index in [2.05, 4.69) is 25.2 Å². The Morgan fingerprint density at radius 2 is 1.30 bits per heavy atom.